The first kappa shape index (κ1) is 15.2. The number of anilines is 1. The zero-order valence-electron chi connectivity index (χ0n) is 10.4. The molecule has 0 unspecified atom stereocenters. The molecule has 0 heterocycles. The van der Waals surface area contributed by atoms with Gasteiger partial charge in [-0.1, -0.05) is 11.6 Å². The molecule has 1 N–H and O–H groups in total. The van der Waals surface area contributed by atoms with Crippen LogP contribution < -0.4 is 4.72 Å². The highest BCUT2D eigenvalue weighted by Gasteiger charge is 2.19. The molecule has 3 nitrogen and oxygen atoms in total. The van der Waals surface area contributed by atoms with Gasteiger partial charge in [-0.3, -0.25) is 4.72 Å². The molecular weight excluding hydrogens is 321 g/mol. The normalized spacial score (nSPS) is 11.3. The number of thioether (sulfide) groups is 1. The van der Waals surface area contributed by atoms with E-state index in [2.05, 4.69) is 4.72 Å². The molecule has 20 heavy (non-hydrogen) atoms. The van der Waals surface area contributed by atoms with Gasteiger partial charge in [0, 0.05) is 15.6 Å². The van der Waals surface area contributed by atoms with Gasteiger partial charge >= 0.3 is 0 Å². The van der Waals surface area contributed by atoms with E-state index in [1.807, 2.05) is 6.26 Å². The summed E-state index contributed by atoms with van der Waals surface area (Å²) < 4.78 is 40.2. The Morgan fingerprint density at radius 1 is 1.15 bits per heavy atom. The van der Waals surface area contributed by atoms with Gasteiger partial charge in [0.1, 0.15) is 10.7 Å². The summed E-state index contributed by atoms with van der Waals surface area (Å²) in [5.41, 5.74) is 0.372. The number of benzene rings is 2. The van der Waals surface area contributed by atoms with Crippen LogP contribution >= 0.6 is 23.4 Å². The van der Waals surface area contributed by atoms with E-state index >= 15 is 0 Å². The van der Waals surface area contributed by atoms with Crippen LogP contribution in [-0.2, 0) is 10.0 Å². The first-order valence-electron chi connectivity index (χ1n) is 5.54. The molecule has 0 saturated heterocycles. The maximum absolute atomic E-state index is 13.7. The second-order valence-corrected chi connectivity index (χ2v) is 6.88. The Morgan fingerprint density at radius 3 is 2.35 bits per heavy atom. The van der Waals surface area contributed by atoms with Crippen molar-refractivity contribution in [1.82, 2.24) is 0 Å². The summed E-state index contributed by atoms with van der Waals surface area (Å²) in [6, 6.07) is 10.2. The highest BCUT2D eigenvalue weighted by Crippen LogP contribution is 2.23. The average Bonchev–Trinajstić information content (AvgIpc) is 2.38. The fraction of sp³-hybridized carbons (Fsp3) is 0.0769. The molecule has 7 heteroatoms. The predicted octanol–water partition coefficient (Wildman–Crippen LogP) is 4.00. The van der Waals surface area contributed by atoms with Gasteiger partial charge in [-0.05, 0) is 48.7 Å². The zero-order valence-corrected chi connectivity index (χ0v) is 12.8. The average molecular weight is 332 g/mol. The van der Waals surface area contributed by atoms with Crippen LogP contribution in [0, 0.1) is 5.82 Å². The van der Waals surface area contributed by atoms with Gasteiger partial charge in [-0.15, -0.1) is 11.8 Å². The lowest BCUT2D eigenvalue weighted by molar-refractivity contribution is 0.570. The number of halogens is 2. The third-order valence-electron chi connectivity index (χ3n) is 2.53. The van der Waals surface area contributed by atoms with Crippen molar-refractivity contribution < 1.29 is 12.8 Å². The largest absolute Gasteiger partial charge is 0.280 e. The maximum atomic E-state index is 13.7. The zero-order chi connectivity index (χ0) is 14.8. The van der Waals surface area contributed by atoms with Crippen LogP contribution in [-0.4, -0.2) is 14.7 Å². The Labute approximate surface area is 126 Å². The van der Waals surface area contributed by atoms with Crippen LogP contribution in [0.1, 0.15) is 0 Å². The van der Waals surface area contributed by atoms with Crippen molar-refractivity contribution in [2.45, 2.75) is 9.79 Å². The summed E-state index contributed by atoms with van der Waals surface area (Å²) >= 11 is 7.15. The van der Waals surface area contributed by atoms with Crippen LogP contribution in [0.2, 0.25) is 5.02 Å². The molecule has 0 atom stereocenters. The molecule has 0 bridgehead atoms. The second-order valence-electron chi connectivity index (χ2n) is 3.91. The van der Waals surface area contributed by atoms with Crippen molar-refractivity contribution in [3.05, 3.63) is 53.3 Å². The van der Waals surface area contributed by atoms with Gasteiger partial charge in [0.25, 0.3) is 10.0 Å². The Hall–Kier alpha value is -1.24. The van der Waals surface area contributed by atoms with Crippen molar-refractivity contribution in [2.75, 3.05) is 11.0 Å². The van der Waals surface area contributed by atoms with Crippen molar-refractivity contribution in [1.29, 1.82) is 0 Å². The van der Waals surface area contributed by atoms with E-state index in [1.54, 1.807) is 36.0 Å². The second kappa shape index (κ2) is 6.03. The summed E-state index contributed by atoms with van der Waals surface area (Å²) in [5.74, 6) is -0.884. The summed E-state index contributed by atoms with van der Waals surface area (Å²) in [6.07, 6.45) is 1.92. The number of hydrogen-bond donors (Lipinski definition) is 1. The number of sulfonamides is 1. The van der Waals surface area contributed by atoms with Crippen molar-refractivity contribution in [3.63, 3.8) is 0 Å². The molecule has 0 aliphatic rings. The molecule has 2 aromatic carbocycles. The fourth-order valence-corrected chi connectivity index (χ4v) is 3.25. The molecule has 0 aromatic heterocycles. The van der Waals surface area contributed by atoms with Crippen LogP contribution in [0.15, 0.2) is 52.3 Å². The molecular formula is C13H11ClFNO2S2. The Kier molecular flexibility index (Phi) is 4.57. The molecule has 0 saturated carbocycles. The number of nitrogens with one attached hydrogen (secondary N) is 1. The molecule has 0 fully saturated rings. The van der Waals surface area contributed by atoms with Gasteiger partial charge in [0.05, 0.1) is 0 Å². The Morgan fingerprint density at radius 2 is 1.80 bits per heavy atom. The molecule has 2 aromatic rings. The lowest BCUT2D eigenvalue weighted by Gasteiger charge is -2.09. The summed E-state index contributed by atoms with van der Waals surface area (Å²) in [6.45, 7) is 0. The lowest BCUT2D eigenvalue weighted by atomic mass is 10.3. The van der Waals surface area contributed by atoms with E-state index in [9.17, 15) is 12.8 Å². The van der Waals surface area contributed by atoms with Crippen molar-refractivity contribution >= 4 is 39.1 Å². The fourth-order valence-electron chi connectivity index (χ4n) is 1.56. The van der Waals surface area contributed by atoms with Crippen LogP contribution in [0.5, 0.6) is 0 Å². The van der Waals surface area contributed by atoms with Gasteiger partial charge in [-0.25, -0.2) is 12.8 Å². The van der Waals surface area contributed by atoms with Gasteiger partial charge in [-0.2, -0.15) is 0 Å². The molecule has 0 aliphatic heterocycles. The Bertz CT molecular complexity index is 718. The smallest absolute Gasteiger partial charge is 0.264 e. The molecule has 0 spiro atoms. The van der Waals surface area contributed by atoms with E-state index in [4.69, 9.17) is 11.6 Å². The number of rotatable bonds is 4. The SMILES string of the molecule is CSc1ccc(NS(=O)(=O)c2ccc(Cl)cc2F)cc1. The van der Waals surface area contributed by atoms with Gasteiger partial charge in [0.2, 0.25) is 0 Å². The highest BCUT2D eigenvalue weighted by molar-refractivity contribution is 7.98. The molecule has 106 valence electrons. The first-order chi connectivity index (χ1) is 9.42. The van der Waals surface area contributed by atoms with Crippen molar-refractivity contribution in [2.24, 2.45) is 0 Å². The van der Waals surface area contributed by atoms with E-state index in [1.165, 1.54) is 6.07 Å². The molecule has 0 radical (unpaired) electrons. The van der Waals surface area contributed by atoms with Gasteiger partial charge < -0.3 is 0 Å². The third kappa shape index (κ3) is 3.45. The minimum atomic E-state index is -3.97. The van der Waals surface area contributed by atoms with E-state index in [0.717, 1.165) is 17.0 Å². The maximum Gasteiger partial charge on any atom is 0.264 e. The predicted molar refractivity (Wildman–Crippen MR) is 80.4 cm³/mol. The minimum Gasteiger partial charge on any atom is -0.280 e. The summed E-state index contributed by atoms with van der Waals surface area (Å²) in [7, 11) is -3.97. The standard InChI is InChI=1S/C13H11ClFNO2S2/c1-19-11-5-3-10(4-6-11)16-20(17,18)13-7-2-9(14)8-12(13)15/h2-8,16H,1H3. The molecule has 2 rings (SSSR count). The van der Waals surface area contributed by atoms with Crippen LogP contribution in [0.4, 0.5) is 10.1 Å². The minimum absolute atomic E-state index is 0.144. The van der Waals surface area contributed by atoms with Crippen LogP contribution in [0.3, 0.4) is 0 Å². The molecule has 0 aliphatic carbocycles. The van der Waals surface area contributed by atoms with E-state index in [-0.39, 0.29) is 5.02 Å². The van der Waals surface area contributed by atoms with E-state index < -0.39 is 20.7 Å². The summed E-state index contributed by atoms with van der Waals surface area (Å²) in [5, 5.41) is 0.144. The van der Waals surface area contributed by atoms with Crippen molar-refractivity contribution in [3.8, 4) is 0 Å². The van der Waals surface area contributed by atoms with Crippen LogP contribution in [0.25, 0.3) is 0 Å². The number of hydrogen-bond acceptors (Lipinski definition) is 3. The summed E-state index contributed by atoms with van der Waals surface area (Å²) in [4.78, 5) is 0.571. The molecule has 0 amide bonds. The van der Waals surface area contributed by atoms with Gasteiger partial charge in [0.15, 0.2) is 0 Å². The Balaban J connectivity index is 2.30. The quantitative estimate of drug-likeness (QED) is 0.861. The monoisotopic (exact) mass is 331 g/mol. The van der Waals surface area contributed by atoms with E-state index in [0.29, 0.717) is 5.69 Å². The lowest BCUT2D eigenvalue weighted by Crippen LogP contribution is -2.14. The first-order valence-corrected chi connectivity index (χ1v) is 8.63. The topological polar surface area (TPSA) is 46.2 Å². The third-order valence-corrected chi connectivity index (χ3v) is 4.92. The highest BCUT2D eigenvalue weighted by atomic mass is 35.5.